The average molecular weight is 348 g/mol. The summed E-state index contributed by atoms with van der Waals surface area (Å²) in [5.74, 6) is -0.285. The van der Waals surface area contributed by atoms with Crippen molar-refractivity contribution in [3.05, 3.63) is 36.0 Å². The highest BCUT2D eigenvalue weighted by atomic mass is 16.5. The number of hydrogen-bond acceptors (Lipinski definition) is 5. The van der Waals surface area contributed by atoms with Crippen molar-refractivity contribution in [3.63, 3.8) is 0 Å². The van der Waals surface area contributed by atoms with E-state index < -0.39 is 11.5 Å². The Morgan fingerprint density at radius 3 is 2.68 bits per heavy atom. The van der Waals surface area contributed by atoms with Crippen molar-refractivity contribution in [2.24, 2.45) is 22.7 Å². The molecule has 5 nitrogen and oxygen atoms in total. The van der Waals surface area contributed by atoms with Gasteiger partial charge in [-0.05, 0) is 43.1 Å². The largest absolute Gasteiger partial charge is 0.458 e. The van der Waals surface area contributed by atoms with Crippen LogP contribution in [0, 0.1) is 22.7 Å². The molecule has 0 spiro atoms. The van der Waals surface area contributed by atoms with Crippen molar-refractivity contribution >= 4 is 5.97 Å². The minimum Gasteiger partial charge on any atom is -0.458 e. The number of carbonyl (C=O) groups excluding carboxylic acids is 1. The van der Waals surface area contributed by atoms with E-state index in [9.17, 15) is 20.1 Å². The number of fused-ring (bicyclic) bond motifs is 1. The van der Waals surface area contributed by atoms with Crippen molar-refractivity contribution in [1.29, 1.82) is 0 Å². The molecule has 0 amide bonds. The van der Waals surface area contributed by atoms with Gasteiger partial charge in [0.05, 0.1) is 24.9 Å². The van der Waals surface area contributed by atoms with Crippen LogP contribution in [-0.4, -0.2) is 47.2 Å². The van der Waals surface area contributed by atoms with E-state index in [-0.39, 0.29) is 36.4 Å². The molecule has 138 valence electrons. The molecule has 1 heterocycles. The number of carbonyl (C=O) groups is 1. The Hall–Kier alpha value is -1.43. The van der Waals surface area contributed by atoms with Gasteiger partial charge < -0.3 is 20.1 Å². The molecule has 2 fully saturated rings. The van der Waals surface area contributed by atoms with Crippen LogP contribution < -0.4 is 0 Å². The first-order valence-electron chi connectivity index (χ1n) is 9.02. The topological polar surface area (TPSA) is 87.0 Å². The van der Waals surface area contributed by atoms with Crippen LogP contribution in [0.15, 0.2) is 36.0 Å². The fraction of sp³-hybridized carbons (Fsp3) is 0.650. The summed E-state index contributed by atoms with van der Waals surface area (Å²) >= 11 is 0. The first kappa shape index (κ1) is 18.4. The summed E-state index contributed by atoms with van der Waals surface area (Å²) in [5.41, 5.74) is 0.554. The lowest BCUT2D eigenvalue weighted by Gasteiger charge is -2.59. The molecule has 0 saturated heterocycles. The molecule has 3 aliphatic rings. The zero-order valence-electron chi connectivity index (χ0n) is 14.8. The Morgan fingerprint density at radius 1 is 1.36 bits per heavy atom. The third kappa shape index (κ3) is 2.78. The van der Waals surface area contributed by atoms with Crippen LogP contribution in [0.4, 0.5) is 0 Å². The number of aliphatic hydroxyl groups is 3. The third-order valence-electron chi connectivity index (χ3n) is 6.82. The Balaban J connectivity index is 1.95. The standard InChI is InChI=1S/C20H28O5/c1-13-3-6-16-19(2,9-7-17(23)20(16,11-21)12-22)15(13)5-4-14-8-10-25-18(14)24/h4-5,8,15-17,21-23H,1,3,6-7,9-12H2,2H3/b5-4+/t15-,16+,17-,19+/m1/s1. The minimum atomic E-state index is -0.884. The average Bonchev–Trinajstić information content (AvgIpc) is 3.00. The van der Waals surface area contributed by atoms with Crippen molar-refractivity contribution < 1.29 is 24.9 Å². The predicted molar refractivity (Wildman–Crippen MR) is 93.5 cm³/mol. The van der Waals surface area contributed by atoms with E-state index in [0.29, 0.717) is 18.6 Å². The second-order valence-electron chi connectivity index (χ2n) is 7.95. The maximum atomic E-state index is 11.7. The zero-order valence-corrected chi connectivity index (χ0v) is 14.8. The van der Waals surface area contributed by atoms with E-state index in [0.717, 1.165) is 24.8 Å². The highest BCUT2D eigenvalue weighted by Crippen LogP contribution is 2.61. The number of aliphatic hydroxyl groups excluding tert-OH is 3. The number of allylic oxidation sites excluding steroid dienone is 2. The van der Waals surface area contributed by atoms with Gasteiger partial charge in [0.25, 0.3) is 0 Å². The number of ether oxygens (including phenoxy) is 1. The lowest BCUT2D eigenvalue weighted by Crippen LogP contribution is -2.60. The van der Waals surface area contributed by atoms with E-state index in [1.807, 2.05) is 12.2 Å². The molecule has 5 heteroatoms. The predicted octanol–water partition coefficient (Wildman–Crippen LogP) is 1.74. The van der Waals surface area contributed by atoms with Crippen molar-refractivity contribution in [2.75, 3.05) is 19.8 Å². The van der Waals surface area contributed by atoms with Gasteiger partial charge in [0.2, 0.25) is 0 Å². The molecule has 3 rings (SSSR count). The van der Waals surface area contributed by atoms with Gasteiger partial charge in [0.1, 0.15) is 6.61 Å². The molecule has 3 N–H and O–H groups in total. The summed E-state index contributed by atoms with van der Waals surface area (Å²) in [6, 6.07) is 0. The molecule has 0 bridgehead atoms. The monoisotopic (exact) mass is 348 g/mol. The van der Waals surface area contributed by atoms with Gasteiger partial charge in [0, 0.05) is 11.3 Å². The van der Waals surface area contributed by atoms with Crippen LogP contribution in [0.1, 0.15) is 32.6 Å². The van der Waals surface area contributed by atoms with Crippen molar-refractivity contribution in [2.45, 2.75) is 38.7 Å². The smallest absolute Gasteiger partial charge is 0.338 e. The van der Waals surface area contributed by atoms with Gasteiger partial charge in [0.15, 0.2) is 0 Å². The normalized spacial score (nSPS) is 37.8. The van der Waals surface area contributed by atoms with E-state index in [4.69, 9.17) is 4.74 Å². The number of hydrogen-bond donors (Lipinski definition) is 3. The molecular formula is C20H28O5. The van der Waals surface area contributed by atoms with E-state index in [2.05, 4.69) is 13.5 Å². The van der Waals surface area contributed by atoms with Gasteiger partial charge in [-0.2, -0.15) is 0 Å². The number of esters is 1. The van der Waals surface area contributed by atoms with Crippen molar-refractivity contribution in [1.82, 2.24) is 0 Å². The summed E-state index contributed by atoms with van der Waals surface area (Å²) in [7, 11) is 0. The van der Waals surface area contributed by atoms with Crippen LogP contribution >= 0.6 is 0 Å². The van der Waals surface area contributed by atoms with Crippen LogP contribution in [0.3, 0.4) is 0 Å². The molecule has 0 aromatic rings. The minimum absolute atomic E-state index is 0.0107. The SMILES string of the molecule is C=C1CC[C@@H]2C(CO)(CO)[C@H](O)CC[C@@]2(C)[C@@H]1/C=C/C1=CCOC1=O. The molecule has 0 radical (unpaired) electrons. The summed E-state index contributed by atoms with van der Waals surface area (Å²) < 4.78 is 4.94. The van der Waals surface area contributed by atoms with E-state index in [1.54, 1.807) is 6.08 Å². The Labute approximate surface area is 148 Å². The molecule has 0 aromatic heterocycles. The summed E-state index contributed by atoms with van der Waals surface area (Å²) in [6.45, 7) is 6.25. The van der Waals surface area contributed by atoms with Crippen LogP contribution in [0.5, 0.6) is 0 Å². The Morgan fingerprint density at radius 2 is 2.08 bits per heavy atom. The van der Waals surface area contributed by atoms with Gasteiger partial charge in [-0.3, -0.25) is 0 Å². The molecule has 25 heavy (non-hydrogen) atoms. The zero-order chi connectivity index (χ0) is 18.2. The maximum Gasteiger partial charge on any atom is 0.338 e. The molecule has 0 unspecified atom stereocenters. The van der Waals surface area contributed by atoms with Gasteiger partial charge in [-0.1, -0.05) is 31.2 Å². The fourth-order valence-electron chi connectivity index (χ4n) is 5.29. The second-order valence-corrected chi connectivity index (χ2v) is 7.95. The molecule has 4 atom stereocenters. The molecular weight excluding hydrogens is 320 g/mol. The van der Waals surface area contributed by atoms with Gasteiger partial charge in [-0.15, -0.1) is 0 Å². The van der Waals surface area contributed by atoms with Crippen molar-refractivity contribution in [3.8, 4) is 0 Å². The van der Waals surface area contributed by atoms with Crippen LogP contribution in [0.2, 0.25) is 0 Å². The quantitative estimate of drug-likeness (QED) is 0.532. The highest BCUT2D eigenvalue weighted by Gasteiger charge is 2.59. The van der Waals surface area contributed by atoms with Crippen LogP contribution in [0.25, 0.3) is 0 Å². The highest BCUT2D eigenvalue weighted by molar-refractivity contribution is 5.93. The Bertz CT molecular complexity index is 616. The second kappa shape index (κ2) is 6.71. The molecule has 2 aliphatic carbocycles. The third-order valence-corrected chi connectivity index (χ3v) is 6.82. The summed E-state index contributed by atoms with van der Waals surface area (Å²) in [6.07, 6.45) is 7.79. The van der Waals surface area contributed by atoms with E-state index >= 15 is 0 Å². The van der Waals surface area contributed by atoms with Crippen LogP contribution in [-0.2, 0) is 9.53 Å². The molecule has 0 aromatic carbocycles. The first-order chi connectivity index (χ1) is 11.9. The summed E-state index contributed by atoms with van der Waals surface area (Å²) in [4.78, 5) is 11.7. The van der Waals surface area contributed by atoms with E-state index in [1.165, 1.54) is 0 Å². The number of cyclic esters (lactones) is 1. The lowest BCUT2D eigenvalue weighted by molar-refractivity contribution is -0.174. The Kier molecular flexibility index (Phi) is 4.93. The molecule has 2 saturated carbocycles. The lowest BCUT2D eigenvalue weighted by atomic mass is 9.46. The van der Waals surface area contributed by atoms with Gasteiger partial charge in [-0.25, -0.2) is 4.79 Å². The maximum absolute atomic E-state index is 11.7. The fourth-order valence-corrected chi connectivity index (χ4v) is 5.29. The molecule has 1 aliphatic heterocycles. The summed E-state index contributed by atoms with van der Waals surface area (Å²) in [5, 5.41) is 30.6. The first-order valence-corrected chi connectivity index (χ1v) is 9.02. The number of rotatable bonds is 4. The van der Waals surface area contributed by atoms with Gasteiger partial charge >= 0.3 is 5.97 Å².